The zero-order valence-corrected chi connectivity index (χ0v) is 15.8. The lowest BCUT2D eigenvalue weighted by molar-refractivity contribution is -0.128. The van der Waals surface area contributed by atoms with Gasteiger partial charge in [-0.25, -0.2) is 0 Å². The number of carbonyl (C=O) groups is 2. The second-order valence-corrected chi connectivity index (χ2v) is 7.04. The summed E-state index contributed by atoms with van der Waals surface area (Å²) in [6.07, 6.45) is 3.00. The van der Waals surface area contributed by atoms with Crippen LogP contribution in [0.1, 0.15) is 12.0 Å². The number of methoxy groups -OCH3 is 1. The van der Waals surface area contributed by atoms with Crippen LogP contribution in [0.25, 0.3) is 10.9 Å². The molecule has 6 nitrogen and oxygen atoms in total. The Bertz CT molecular complexity index is 1010. The van der Waals surface area contributed by atoms with Gasteiger partial charge >= 0.3 is 0 Å². The summed E-state index contributed by atoms with van der Waals surface area (Å²) in [5, 5.41) is 4.07. The van der Waals surface area contributed by atoms with Crippen LogP contribution in [0.2, 0.25) is 0 Å². The van der Waals surface area contributed by atoms with Crippen molar-refractivity contribution < 1.29 is 14.3 Å². The Hall–Kier alpha value is -3.28. The highest BCUT2D eigenvalue weighted by Gasteiger charge is 2.34. The van der Waals surface area contributed by atoms with E-state index in [0.717, 1.165) is 11.9 Å². The molecule has 4 rings (SSSR count). The maximum atomic E-state index is 12.6. The Morgan fingerprint density at radius 3 is 2.86 bits per heavy atom. The number of H-pyrrole nitrogens is 1. The largest absolute Gasteiger partial charge is 0.495 e. The molecule has 0 radical (unpaired) electrons. The van der Waals surface area contributed by atoms with E-state index in [1.165, 1.54) is 10.9 Å². The summed E-state index contributed by atoms with van der Waals surface area (Å²) in [4.78, 5) is 30.1. The zero-order valence-electron chi connectivity index (χ0n) is 15.8. The summed E-state index contributed by atoms with van der Waals surface area (Å²) in [7, 11) is 1.57. The molecule has 1 aliphatic rings. The summed E-state index contributed by atoms with van der Waals surface area (Å²) in [5.74, 6) is 0.143. The Balaban J connectivity index is 1.37. The van der Waals surface area contributed by atoms with E-state index < -0.39 is 0 Å². The number of hydrogen-bond donors (Lipinski definition) is 2. The van der Waals surface area contributed by atoms with Crippen LogP contribution in [0.4, 0.5) is 5.69 Å². The molecule has 1 aromatic heterocycles. The third-order valence-electron chi connectivity index (χ3n) is 5.28. The molecule has 1 saturated heterocycles. The van der Waals surface area contributed by atoms with Crippen molar-refractivity contribution in [2.75, 3.05) is 25.5 Å². The Morgan fingerprint density at radius 2 is 2.00 bits per heavy atom. The number of rotatable bonds is 6. The van der Waals surface area contributed by atoms with E-state index in [2.05, 4.69) is 16.4 Å². The monoisotopic (exact) mass is 377 g/mol. The molecule has 2 heterocycles. The molecule has 1 atom stereocenters. The molecule has 2 aromatic carbocycles. The van der Waals surface area contributed by atoms with Crippen molar-refractivity contribution in [1.29, 1.82) is 0 Å². The first-order valence-electron chi connectivity index (χ1n) is 9.42. The summed E-state index contributed by atoms with van der Waals surface area (Å²) in [5.41, 5.74) is 2.91. The van der Waals surface area contributed by atoms with Crippen LogP contribution in [0.3, 0.4) is 0 Å². The van der Waals surface area contributed by atoms with E-state index in [4.69, 9.17) is 4.74 Å². The first-order chi connectivity index (χ1) is 13.7. The molecule has 2 amide bonds. The minimum absolute atomic E-state index is 0.0278. The predicted molar refractivity (Wildman–Crippen MR) is 108 cm³/mol. The first-order valence-corrected chi connectivity index (χ1v) is 9.42. The fraction of sp³-hybridized carbons (Fsp3) is 0.273. The van der Waals surface area contributed by atoms with Gasteiger partial charge in [-0.2, -0.15) is 0 Å². The average Bonchev–Trinajstić information content (AvgIpc) is 3.30. The van der Waals surface area contributed by atoms with Gasteiger partial charge in [0.2, 0.25) is 11.8 Å². The molecule has 1 fully saturated rings. The van der Waals surface area contributed by atoms with E-state index >= 15 is 0 Å². The summed E-state index contributed by atoms with van der Waals surface area (Å²) in [6, 6.07) is 15.4. The molecule has 1 aliphatic heterocycles. The number of para-hydroxylation sites is 3. The number of nitrogens with one attached hydrogen (secondary N) is 2. The van der Waals surface area contributed by atoms with Crippen molar-refractivity contribution in [2.24, 2.45) is 5.92 Å². The number of amides is 2. The smallest absolute Gasteiger partial charge is 0.229 e. The zero-order chi connectivity index (χ0) is 19.5. The van der Waals surface area contributed by atoms with Crippen molar-refractivity contribution in [3.63, 3.8) is 0 Å². The topological polar surface area (TPSA) is 74.4 Å². The van der Waals surface area contributed by atoms with Gasteiger partial charge in [0, 0.05) is 36.6 Å². The standard InChI is InChI=1S/C22H23N3O3/c1-28-20-9-5-4-8-19(20)24-22(27)16-12-21(26)25(14-16)11-10-15-13-23-18-7-3-2-6-17(15)18/h2-9,13,16,23H,10-12,14H2,1H3,(H,24,27). The van der Waals surface area contributed by atoms with Crippen LogP contribution in [-0.4, -0.2) is 41.9 Å². The maximum Gasteiger partial charge on any atom is 0.229 e. The highest BCUT2D eigenvalue weighted by atomic mass is 16.5. The normalized spacial score (nSPS) is 16.5. The quantitative estimate of drug-likeness (QED) is 0.693. The molecule has 1 unspecified atom stereocenters. The number of aromatic nitrogens is 1. The average molecular weight is 377 g/mol. The number of fused-ring (bicyclic) bond motifs is 1. The molecule has 28 heavy (non-hydrogen) atoms. The number of likely N-dealkylation sites (tertiary alicyclic amines) is 1. The van der Waals surface area contributed by atoms with Crippen LogP contribution < -0.4 is 10.1 Å². The number of carbonyl (C=O) groups excluding carboxylic acids is 2. The van der Waals surface area contributed by atoms with Crippen LogP contribution >= 0.6 is 0 Å². The van der Waals surface area contributed by atoms with E-state index in [1.807, 2.05) is 36.5 Å². The van der Waals surface area contributed by atoms with Gasteiger partial charge in [0.05, 0.1) is 18.7 Å². The summed E-state index contributed by atoms with van der Waals surface area (Å²) in [6.45, 7) is 1.06. The fourth-order valence-corrected chi connectivity index (χ4v) is 3.74. The van der Waals surface area contributed by atoms with Gasteiger partial charge < -0.3 is 19.9 Å². The highest BCUT2D eigenvalue weighted by molar-refractivity contribution is 5.98. The molecular formula is C22H23N3O3. The lowest BCUT2D eigenvalue weighted by Gasteiger charge is -2.17. The van der Waals surface area contributed by atoms with Gasteiger partial charge in [-0.1, -0.05) is 30.3 Å². The highest BCUT2D eigenvalue weighted by Crippen LogP contribution is 2.26. The number of nitrogens with zero attached hydrogens (tertiary/aromatic N) is 1. The van der Waals surface area contributed by atoms with Crippen molar-refractivity contribution in [3.8, 4) is 5.75 Å². The van der Waals surface area contributed by atoms with Gasteiger partial charge in [0.15, 0.2) is 0 Å². The first kappa shape index (κ1) is 18.1. The van der Waals surface area contributed by atoms with Crippen molar-refractivity contribution >= 4 is 28.4 Å². The van der Waals surface area contributed by atoms with E-state index in [-0.39, 0.29) is 24.2 Å². The van der Waals surface area contributed by atoms with Crippen LogP contribution in [0, 0.1) is 5.92 Å². The van der Waals surface area contributed by atoms with Crippen molar-refractivity contribution in [2.45, 2.75) is 12.8 Å². The van der Waals surface area contributed by atoms with Gasteiger partial charge in [-0.15, -0.1) is 0 Å². The van der Waals surface area contributed by atoms with Gasteiger partial charge in [0.1, 0.15) is 5.75 Å². The molecule has 0 bridgehead atoms. The minimum Gasteiger partial charge on any atom is -0.495 e. The minimum atomic E-state index is -0.347. The molecule has 6 heteroatoms. The third-order valence-corrected chi connectivity index (χ3v) is 5.28. The number of aromatic amines is 1. The third kappa shape index (κ3) is 3.58. The predicted octanol–water partition coefficient (Wildman–Crippen LogP) is 3.21. The second kappa shape index (κ2) is 7.76. The maximum absolute atomic E-state index is 12.6. The molecule has 0 aliphatic carbocycles. The SMILES string of the molecule is COc1ccccc1NC(=O)C1CC(=O)N(CCc2c[nH]c3ccccc23)C1. The van der Waals surface area contributed by atoms with E-state index in [1.54, 1.807) is 24.1 Å². The Kier molecular flexibility index (Phi) is 5.02. The Morgan fingerprint density at radius 1 is 1.21 bits per heavy atom. The van der Waals surface area contributed by atoms with E-state index in [0.29, 0.717) is 24.5 Å². The summed E-state index contributed by atoms with van der Waals surface area (Å²) >= 11 is 0. The lowest BCUT2D eigenvalue weighted by atomic mass is 10.1. The molecule has 2 N–H and O–H groups in total. The molecular weight excluding hydrogens is 354 g/mol. The summed E-state index contributed by atoms with van der Waals surface area (Å²) < 4.78 is 5.27. The fourth-order valence-electron chi connectivity index (χ4n) is 3.74. The van der Waals surface area contributed by atoms with Crippen LogP contribution in [-0.2, 0) is 16.0 Å². The van der Waals surface area contributed by atoms with Gasteiger partial charge in [-0.3, -0.25) is 9.59 Å². The molecule has 144 valence electrons. The van der Waals surface area contributed by atoms with Crippen molar-refractivity contribution in [3.05, 3.63) is 60.3 Å². The van der Waals surface area contributed by atoms with Crippen LogP contribution in [0.15, 0.2) is 54.7 Å². The lowest BCUT2D eigenvalue weighted by Crippen LogP contribution is -2.30. The van der Waals surface area contributed by atoms with Crippen LogP contribution in [0.5, 0.6) is 5.75 Å². The van der Waals surface area contributed by atoms with Gasteiger partial charge in [0.25, 0.3) is 0 Å². The van der Waals surface area contributed by atoms with Gasteiger partial charge in [-0.05, 0) is 30.2 Å². The van der Waals surface area contributed by atoms with Crippen molar-refractivity contribution in [1.82, 2.24) is 9.88 Å². The molecule has 3 aromatic rings. The Labute approximate surface area is 163 Å². The number of ether oxygens (including phenoxy) is 1. The number of anilines is 1. The second-order valence-electron chi connectivity index (χ2n) is 7.04. The number of hydrogen-bond acceptors (Lipinski definition) is 3. The number of benzene rings is 2. The molecule has 0 spiro atoms. The van der Waals surface area contributed by atoms with E-state index in [9.17, 15) is 9.59 Å². The molecule has 0 saturated carbocycles.